The second kappa shape index (κ2) is 6.72. The average molecular weight is 290 g/mol. The standard InChI is InChI=1S/C16H22N2O3/c1-17-11-13(10-15(17)20)16(21)18(2)14(8-9-19)12-6-4-3-5-7-12/h3-7,13-14,19H,8-11H2,1-2H3. The van der Waals surface area contributed by atoms with Crippen LogP contribution in [0.5, 0.6) is 0 Å². The predicted octanol–water partition coefficient (Wildman–Crippen LogP) is 1.05. The van der Waals surface area contributed by atoms with Gasteiger partial charge in [-0.25, -0.2) is 0 Å². The van der Waals surface area contributed by atoms with Gasteiger partial charge < -0.3 is 14.9 Å². The maximum absolute atomic E-state index is 12.6. The summed E-state index contributed by atoms with van der Waals surface area (Å²) in [5.74, 6) is -0.299. The molecule has 1 heterocycles. The number of aliphatic hydroxyl groups is 1. The minimum atomic E-state index is -0.280. The lowest BCUT2D eigenvalue weighted by Gasteiger charge is -2.30. The monoisotopic (exact) mass is 290 g/mol. The molecule has 0 aromatic heterocycles. The van der Waals surface area contributed by atoms with Gasteiger partial charge in [-0.05, 0) is 12.0 Å². The Kier molecular flexibility index (Phi) is 4.96. The zero-order chi connectivity index (χ0) is 15.4. The van der Waals surface area contributed by atoms with Gasteiger partial charge in [0.1, 0.15) is 0 Å². The Morgan fingerprint density at radius 1 is 1.43 bits per heavy atom. The van der Waals surface area contributed by atoms with E-state index in [2.05, 4.69) is 0 Å². The Balaban J connectivity index is 2.13. The van der Waals surface area contributed by atoms with Gasteiger partial charge in [0.2, 0.25) is 11.8 Å². The zero-order valence-electron chi connectivity index (χ0n) is 12.5. The molecule has 1 aromatic carbocycles. The highest BCUT2D eigenvalue weighted by molar-refractivity contribution is 5.89. The number of carbonyl (C=O) groups is 2. The highest BCUT2D eigenvalue weighted by Gasteiger charge is 2.35. The summed E-state index contributed by atoms with van der Waals surface area (Å²) in [6.07, 6.45) is 0.767. The van der Waals surface area contributed by atoms with E-state index in [1.165, 1.54) is 0 Å². The second-order valence-corrected chi connectivity index (χ2v) is 5.56. The molecule has 5 nitrogen and oxygen atoms in total. The minimum absolute atomic E-state index is 0.0140. The van der Waals surface area contributed by atoms with E-state index in [-0.39, 0.29) is 36.8 Å². The van der Waals surface area contributed by atoms with Crippen LogP contribution in [-0.2, 0) is 9.59 Å². The van der Waals surface area contributed by atoms with Crippen LogP contribution in [0.3, 0.4) is 0 Å². The third-order valence-electron chi connectivity index (χ3n) is 4.09. The molecule has 2 atom stereocenters. The summed E-state index contributed by atoms with van der Waals surface area (Å²) in [4.78, 5) is 27.5. The molecule has 1 aliphatic rings. The van der Waals surface area contributed by atoms with E-state index >= 15 is 0 Å². The van der Waals surface area contributed by atoms with Crippen LogP contribution in [-0.4, -0.2) is 54.0 Å². The molecule has 1 saturated heterocycles. The quantitative estimate of drug-likeness (QED) is 0.881. The van der Waals surface area contributed by atoms with Crippen molar-refractivity contribution in [2.24, 2.45) is 5.92 Å². The van der Waals surface area contributed by atoms with Crippen molar-refractivity contribution < 1.29 is 14.7 Å². The highest BCUT2D eigenvalue weighted by Crippen LogP contribution is 2.27. The first-order valence-corrected chi connectivity index (χ1v) is 7.21. The molecule has 1 aliphatic heterocycles. The first kappa shape index (κ1) is 15.5. The first-order chi connectivity index (χ1) is 10.0. The lowest BCUT2D eigenvalue weighted by molar-refractivity contribution is -0.137. The van der Waals surface area contributed by atoms with Gasteiger partial charge in [-0.1, -0.05) is 30.3 Å². The maximum Gasteiger partial charge on any atom is 0.228 e. The molecule has 0 saturated carbocycles. The molecule has 2 unspecified atom stereocenters. The van der Waals surface area contributed by atoms with Gasteiger partial charge >= 0.3 is 0 Å². The van der Waals surface area contributed by atoms with Crippen LogP contribution >= 0.6 is 0 Å². The Morgan fingerprint density at radius 2 is 2.10 bits per heavy atom. The number of likely N-dealkylation sites (tertiary alicyclic amines) is 1. The van der Waals surface area contributed by atoms with Crippen LogP contribution in [0.25, 0.3) is 0 Å². The van der Waals surface area contributed by atoms with Crippen molar-refractivity contribution in [3.8, 4) is 0 Å². The molecule has 1 fully saturated rings. The number of hydrogen-bond donors (Lipinski definition) is 1. The van der Waals surface area contributed by atoms with Gasteiger partial charge in [0.05, 0.1) is 12.0 Å². The van der Waals surface area contributed by atoms with E-state index in [0.717, 1.165) is 5.56 Å². The molecular weight excluding hydrogens is 268 g/mol. The molecule has 0 radical (unpaired) electrons. The van der Waals surface area contributed by atoms with E-state index < -0.39 is 0 Å². The molecular formula is C16H22N2O3. The number of hydrogen-bond acceptors (Lipinski definition) is 3. The van der Waals surface area contributed by atoms with E-state index in [4.69, 9.17) is 0 Å². The third kappa shape index (κ3) is 3.42. The fraction of sp³-hybridized carbons (Fsp3) is 0.500. The molecule has 2 rings (SSSR count). The van der Waals surface area contributed by atoms with Crippen molar-refractivity contribution in [2.75, 3.05) is 27.2 Å². The fourth-order valence-corrected chi connectivity index (χ4v) is 2.85. The van der Waals surface area contributed by atoms with Crippen molar-refractivity contribution in [3.05, 3.63) is 35.9 Å². The van der Waals surface area contributed by atoms with Gasteiger partial charge in [0.15, 0.2) is 0 Å². The van der Waals surface area contributed by atoms with Crippen molar-refractivity contribution in [3.63, 3.8) is 0 Å². The molecule has 2 amide bonds. The average Bonchev–Trinajstić information content (AvgIpc) is 2.84. The van der Waals surface area contributed by atoms with Gasteiger partial charge in [-0.2, -0.15) is 0 Å². The summed E-state index contributed by atoms with van der Waals surface area (Å²) >= 11 is 0. The predicted molar refractivity (Wildman–Crippen MR) is 79.4 cm³/mol. The molecule has 1 aromatic rings. The van der Waals surface area contributed by atoms with E-state index in [1.54, 1.807) is 23.9 Å². The van der Waals surface area contributed by atoms with Gasteiger partial charge in [-0.15, -0.1) is 0 Å². The summed E-state index contributed by atoms with van der Waals surface area (Å²) in [5.41, 5.74) is 1.00. The van der Waals surface area contributed by atoms with Crippen LogP contribution < -0.4 is 0 Å². The van der Waals surface area contributed by atoms with E-state index in [9.17, 15) is 14.7 Å². The van der Waals surface area contributed by atoms with E-state index in [0.29, 0.717) is 13.0 Å². The van der Waals surface area contributed by atoms with Crippen LogP contribution in [0.1, 0.15) is 24.4 Å². The number of aliphatic hydroxyl groups excluding tert-OH is 1. The first-order valence-electron chi connectivity index (χ1n) is 7.21. The van der Waals surface area contributed by atoms with Crippen molar-refractivity contribution in [1.82, 2.24) is 9.80 Å². The van der Waals surface area contributed by atoms with Crippen LogP contribution in [0, 0.1) is 5.92 Å². The number of rotatable bonds is 5. The Bertz CT molecular complexity index is 504. The highest BCUT2D eigenvalue weighted by atomic mass is 16.3. The smallest absolute Gasteiger partial charge is 0.228 e. The fourth-order valence-electron chi connectivity index (χ4n) is 2.85. The van der Waals surface area contributed by atoms with Crippen LogP contribution in [0.4, 0.5) is 0 Å². The number of amides is 2. The van der Waals surface area contributed by atoms with Gasteiger partial charge in [0.25, 0.3) is 0 Å². The summed E-state index contributed by atoms with van der Waals surface area (Å²) in [7, 11) is 3.47. The number of carbonyl (C=O) groups excluding carboxylic acids is 2. The maximum atomic E-state index is 12.6. The summed E-state index contributed by atoms with van der Waals surface area (Å²) < 4.78 is 0. The molecule has 1 N–H and O–H groups in total. The van der Waals surface area contributed by atoms with Crippen LogP contribution in [0.2, 0.25) is 0 Å². The summed E-state index contributed by atoms with van der Waals surface area (Å²) in [5, 5.41) is 9.28. The molecule has 0 bridgehead atoms. The Labute approximate surface area is 125 Å². The molecule has 114 valence electrons. The SMILES string of the molecule is CN1CC(C(=O)N(C)C(CCO)c2ccccc2)CC1=O. The summed E-state index contributed by atoms with van der Waals surface area (Å²) in [6.45, 7) is 0.489. The minimum Gasteiger partial charge on any atom is -0.396 e. The molecule has 21 heavy (non-hydrogen) atoms. The van der Waals surface area contributed by atoms with E-state index in [1.807, 2.05) is 30.3 Å². The van der Waals surface area contributed by atoms with Crippen LogP contribution in [0.15, 0.2) is 30.3 Å². The Morgan fingerprint density at radius 3 is 2.62 bits per heavy atom. The molecule has 0 aliphatic carbocycles. The second-order valence-electron chi connectivity index (χ2n) is 5.56. The lowest BCUT2D eigenvalue weighted by atomic mass is 10.00. The number of benzene rings is 1. The normalized spacial score (nSPS) is 19.7. The lowest BCUT2D eigenvalue weighted by Crippen LogP contribution is -2.37. The summed E-state index contributed by atoms with van der Waals surface area (Å²) in [6, 6.07) is 9.51. The third-order valence-corrected chi connectivity index (χ3v) is 4.09. The van der Waals surface area contributed by atoms with Crippen molar-refractivity contribution in [1.29, 1.82) is 0 Å². The van der Waals surface area contributed by atoms with Gasteiger partial charge in [0, 0.05) is 33.7 Å². The largest absolute Gasteiger partial charge is 0.396 e. The molecule has 0 spiro atoms. The Hall–Kier alpha value is -1.88. The zero-order valence-corrected chi connectivity index (χ0v) is 12.5. The molecule has 5 heteroatoms. The van der Waals surface area contributed by atoms with Gasteiger partial charge in [-0.3, -0.25) is 9.59 Å². The van der Waals surface area contributed by atoms with Crippen molar-refractivity contribution in [2.45, 2.75) is 18.9 Å². The van der Waals surface area contributed by atoms with Crippen molar-refractivity contribution >= 4 is 11.8 Å². The number of nitrogens with zero attached hydrogens (tertiary/aromatic N) is 2. The topological polar surface area (TPSA) is 60.9 Å².